The molecule has 0 spiro atoms. The zero-order valence-corrected chi connectivity index (χ0v) is 23.6. The van der Waals surface area contributed by atoms with E-state index in [1.54, 1.807) is 0 Å². The van der Waals surface area contributed by atoms with Crippen molar-refractivity contribution >= 4 is 0 Å². The lowest BCUT2D eigenvalue weighted by Gasteiger charge is -2.06. The van der Waals surface area contributed by atoms with Crippen molar-refractivity contribution < 1.29 is 0 Å². The Balaban J connectivity index is 1.91. The van der Waals surface area contributed by atoms with E-state index in [-0.39, 0.29) is 0 Å². The molecular weight excluding hydrogens is 410 g/mol. The van der Waals surface area contributed by atoms with Gasteiger partial charge in [-0.15, -0.1) is 0 Å². The molecule has 0 radical (unpaired) electrons. The van der Waals surface area contributed by atoms with E-state index in [0.717, 1.165) is 0 Å². The Hall–Kier alpha value is -0.850. The molecule has 1 rings (SSSR count). The van der Waals surface area contributed by atoms with Crippen LogP contribution in [0.5, 0.6) is 0 Å². The van der Waals surface area contributed by atoms with Crippen molar-refractivity contribution in [2.75, 3.05) is 0 Å². The van der Waals surface area contributed by atoms with Crippen molar-refractivity contribution in [3.63, 3.8) is 0 Å². The van der Waals surface area contributed by atoms with Crippen LogP contribution in [0.1, 0.15) is 179 Å². The molecule has 0 bridgehead atoms. The van der Waals surface area contributed by atoms with Gasteiger partial charge < -0.3 is 0 Å². The maximum absolute atomic E-state index is 4.95. The number of unbranched alkanes of at least 4 members (excludes halogenated alkanes) is 22. The SMILES string of the molecule is CCCCCCCCCCCCCCc1cccc(CCCCCCCCCCCCCC)n1. The molecule has 198 valence electrons. The number of pyridine rings is 1. The number of hydrogen-bond donors (Lipinski definition) is 0. The van der Waals surface area contributed by atoms with Gasteiger partial charge in [-0.05, 0) is 37.8 Å². The summed E-state index contributed by atoms with van der Waals surface area (Å²) < 4.78 is 0. The van der Waals surface area contributed by atoms with E-state index >= 15 is 0 Å². The molecule has 1 aromatic heterocycles. The minimum atomic E-state index is 1.17. The first kappa shape index (κ1) is 31.2. The molecule has 0 saturated heterocycles. The van der Waals surface area contributed by atoms with E-state index in [1.165, 1.54) is 178 Å². The van der Waals surface area contributed by atoms with Crippen molar-refractivity contribution in [3.8, 4) is 0 Å². The first-order valence-electron chi connectivity index (χ1n) is 15.8. The minimum absolute atomic E-state index is 1.17. The normalized spacial score (nSPS) is 11.4. The lowest BCUT2D eigenvalue weighted by atomic mass is 10.0. The largest absolute Gasteiger partial charge is 0.258 e. The summed E-state index contributed by atoms with van der Waals surface area (Å²) in [6.45, 7) is 4.60. The highest BCUT2D eigenvalue weighted by Gasteiger charge is 2.00. The quantitative estimate of drug-likeness (QED) is 0.122. The van der Waals surface area contributed by atoms with Crippen molar-refractivity contribution in [3.05, 3.63) is 29.6 Å². The fourth-order valence-corrected chi connectivity index (χ4v) is 5.10. The molecule has 0 aliphatic carbocycles. The van der Waals surface area contributed by atoms with Gasteiger partial charge in [0.25, 0.3) is 0 Å². The van der Waals surface area contributed by atoms with Crippen LogP contribution in [0.15, 0.2) is 18.2 Å². The van der Waals surface area contributed by atoms with Gasteiger partial charge in [0.15, 0.2) is 0 Å². The number of rotatable bonds is 26. The number of hydrogen-bond acceptors (Lipinski definition) is 1. The highest BCUT2D eigenvalue weighted by molar-refractivity contribution is 5.11. The molecule has 0 unspecified atom stereocenters. The summed E-state index contributed by atoms with van der Waals surface area (Å²) in [5.41, 5.74) is 2.65. The van der Waals surface area contributed by atoms with Crippen LogP contribution in [-0.4, -0.2) is 4.98 Å². The molecule has 1 heteroatoms. The predicted octanol–water partition coefficient (Wildman–Crippen LogP) is 11.6. The Morgan fingerprint density at radius 1 is 0.382 bits per heavy atom. The summed E-state index contributed by atoms with van der Waals surface area (Å²) in [7, 11) is 0. The Kier molecular flexibility index (Phi) is 23.2. The average Bonchev–Trinajstić information content (AvgIpc) is 2.85. The Bertz CT molecular complexity index is 480. The first-order valence-corrected chi connectivity index (χ1v) is 15.8. The second kappa shape index (κ2) is 25.2. The van der Waals surface area contributed by atoms with Gasteiger partial charge in [-0.1, -0.05) is 161 Å². The molecule has 34 heavy (non-hydrogen) atoms. The van der Waals surface area contributed by atoms with Crippen LogP contribution < -0.4 is 0 Å². The van der Waals surface area contributed by atoms with Gasteiger partial charge in [-0.25, -0.2) is 0 Å². The molecule has 1 nitrogen and oxygen atoms in total. The monoisotopic (exact) mass is 471 g/mol. The van der Waals surface area contributed by atoms with E-state index in [4.69, 9.17) is 4.98 Å². The van der Waals surface area contributed by atoms with Gasteiger partial charge in [0.1, 0.15) is 0 Å². The fraction of sp³-hybridized carbons (Fsp3) is 0.848. The van der Waals surface area contributed by atoms with Crippen molar-refractivity contribution in [2.45, 2.75) is 181 Å². The van der Waals surface area contributed by atoms with Gasteiger partial charge in [0.05, 0.1) is 0 Å². The van der Waals surface area contributed by atoms with Gasteiger partial charge in [-0.3, -0.25) is 4.98 Å². The Labute approximate surface area is 215 Å². The second-order valence-electron chi connectivity index (χ2n) is 10.9. The molecular formula is C33H61N. The molecule has 0 N–H and O–H groups in total. The highest BCUT2D eigenvalue weighted by atomic mass is 14.7. The van der Waals surface area contributed by atoms with Gasteiger partial charge in [0, 0.05) is 11.4 Å². The maximum Gasteiger partial charge on any atom is 0.0406 e. The topological polar surface area (TPSA) is 12.9 Å². The zero-order valence-electron chi connectivity index (χ0n) is 23.6. The average molecular weight is 472 g/mol. The van der Waals surface area contributed by atoms with Crippen LogP contribution >= 0.6 is 0 Å². The number of aryl methyl sites for hydroxylation is 2. The van der Waals surface area contributed by atoms with Crippen molar-refractivity contribution in [2.24, 2.45) is 0 Å². The van der Waals surface area contributed by atoms with Crippen LogP contribution in [-0.2, 0) is 12.8 Å². The first-order chi connectivity index (χ1) is 16.9. The Morgan fingerprint density at radius 3 is 0.941 bits per heavy atom. The van der Waals surface area contributed by atoms with Gasteiger partial charge in [-0.2, -0.15) is 0 Å². The van der Waals surface area contributed by atoms with Crippen LogP contribution in [0, 0.1) is 0 Å². The van der Waals surface area contributed by atoms with Crippen molar-refractivity contribution in [1.29, 1.82) is 0 Å². The van der Waals surface area contributed by atoms with Crippen LogP contribution in [0.4, 0.5) is 0 Å². The summed E-state index contributed by atoms with van der Waals surface area (Å²) in [4.78, 5) is 4.95. The van der Waals surface area contributed by atoms with E-state index in [1.807, 2.05) is 0 Å². The van der Waals surface area contributed by atoms with Gasteiger partial charge in [0.2, 0.25) is 0 Å². The third-order valence-corrected chi connectivity index (χ3v) is 7.44. The van der Waals surface area contributed by atoms with Crippen LogP contribution in [0.2, 0.25) is 0 Å². The lowest BCUT2D eigenvalue weighted by Crippen LogP contribution is -1.96. The molecule has 0 aliphatic rings. The Morgan fingerprint density at radius 2 is 0.647 bits per heavy atom. The second-order valence-corrected chi connectivity index (χ2v) is 10.9. The summed E-state index contributed by atoms with van der Waals surface area (Å²) in [5.74, 6) is 0. The fourth-order valence-electron chi connectivity index (χ4n) is 5.10. The molecule has 0 amide bonds. The number of aromatic nitrogens is 1. The molecule has 0 saturated carbocycles. The molecule has 0 fully saturated rings. The zero-order chi connectivity index (χ0) is 24.4. The molecule has 0 aliphatic heterocycles. The molecule has 0 aromatic carbocycles. The van der Waals surface area contributed by atoms with Gasteiger partial charge >= 0.3 is 0 Å². The minimum Gasteiger partial charge on any atom is -0.258 e. The predicted molar refractivity (Wildman–Crippen MR) is 154 cm³/mol. The van der Waals surface area contributed by atoms with E-state index in [0.29, 0.717) is 0 Å². The third kappa shape index (κ3) is 20.5. The van der Waals surface area contributed by atoms with E-state index < -0.39 is 0 Å². The maximum atomic E-state index is 4.95. The molecule has 1 heterocycles. The number of nitrogens with zero attached hydrogens (tertiary/aromatic N) is 1. The van der Waals surface area contributed by atoms with Crippen molar-refractivity contribution in [1.82, 2.24) is 4.98 Å². The highest BCUT2D eigenvalue weighted by Crippen LogP contribution is 2.15. The third-order valence-electron chi connectivity index (χ3n) is 7.44. The molecule has 0 atom stereocenters. The lowest BCUT2D eigenvalue weighted by molar-refractivity contribution is 0.542. The van der Waals surface area contributed by atoms with Crippen LogP contribution in [0.25, 0.3) is 0 Å². The summed E-state index contributed by atoms with van der Waals surface area (Å²) in [6.07, 6.45) is 36.4. The molecule has 1 aromatic rings. The standard InChI is InChI=1S/C33H61N/c1-3-5-7-9-11-13-15-17-19-21-23-25-28-32-30-27-31-33(34-32)29-26-24-22-20-18-16-14-12-10-8-6-4-2/h27,30-31H,3-26,28-29H2,1-2H3. The smallest absolute Gasteiger partial charge is 0.0406 e. The van der Waals surface area contributed by atoms with E-state index in [2.05, 4.69) is 32.0 Å². The summed E-state index contributed by atoms with van der Waals surface area (Å²) in [6, 6.07) is 6.72. The van der Waals surface area contributed by atoms with E-state index in [9.17, 15) is 0 Å². The summed E-state index contributed by atoms with van der Waals surface area (Å²) in [5, 5.41) is 0. The summed E-state index contributed by atoms with van der Waals surface area (Å²) >= 11 is 0. The van der Waals surface area contributed by atoms with Crippen LogP contribution in [0.3, 0.4) is 0 Å².